The number of nitrogens with zero attached hydrogens (tertiary/aromatic N) is 1. The molecule has 1 aromatic heterocycles. The summed E-state index contributed by atoms with van der Waals surface area (Å²) in [5.41, 5.74) is 5.53. The number of halogens is 1. The van der Waals surface area contributed by atoms with Crippen LogP contribution in [0.25, 0.3) is 28.1 Å². The van der Waals surface area contributed by atoms with Crippen LogP contribution in [0.15, 0.2) is 84.9 Å². The number of pyridine rings is 1. The zero-order valence-corrected chi connectivity index (χ0v) is 21.9. The number of carbonyl (C=O) groups excluding carboxylic acids is 1. The molecule has 4 aromatic rings. The third kappa shape index (κ3) is 6.59. The van der Waals surface area contributed by atoms with E-state index in [0.717, 1.165) is 51.7 Å². The van der Waals surface area contributed by atoms with Gasteiger partial charge in [-0.2, -0.15) is 0 Å². The molecule has 3 aromatic carbocycles. The van der Waals surface area contributed by atoms with Crippen molar-refractivity contribution in [3.05, 3.63) is 108 Å². The molecule has 3 N–H and O–H groups in total. The van der Waals surface area contributed by atoms with Crippen LogP contribution in [0.2, 0.25) is 0 Å². The Morgan fingerprint density at radius 1 is 1.03 bits per heavy atom. The first-order valence-electron chi connectivity index (χ1n) is 13.5. The third-order valence-electron chi connectivity index (χ3n) is 7.15. The van der Waals surface area contributed by atoms with Gasteiger partial charge in [-0.3, -0.25) is 9.78 Å². The highest BCUT2D eigenvalue weighted by molar-refractivity contribution is 5.99. The van der Waals surface area contributed by atoms with Crippen molar-refractivity contribution < 1.29 is 19.4 Å². The van der Waals surface area contributed by atoms with Gasteiger partial charge in [0.2, 0.25) is 5.91 Å². The standard InChI is InChI=1S/C33H33FN2O3/c1-21(22-7-3-2-4-8-22)35-31(39)20-27(38)19-26(37)17-18-29-32(23-13-15-25(34)16-14-23)28-9-5-6-10-30(28)36-33(29)24-11-12-24/h2-10,13-18,21,24,26-27,37-38H,11-12,19-20H2,1H3,(H,35,39)/b18-17+/t21-,26?,27?/m0/s1. The normalized spacial score (nSPS) is 15.8. The summed E-state index contributed by atoms with van der Waals surface area (Å²) < 4.78 is 13.7. The Hall–Kier alpha value is -3.87. The van der Waals surface area contributed by atoms with E-state index in [9.17, 15) is 19.4 Å². The monoisotopic (exact) mass is 524 g/mol. The SMILES string of the molecule is C[C@H](NC(=O)CC(O)CC(O)/C=C/c1c(C2CC2)nc2ccccc2c1-c1ccc(F)cc1)c1ccccc1. The van der Waals surface area contributed by atoms with Crippen LogP contribution < -0.4 is 5.32 Å². The second-order valence-corrected chi connectivity index (χ2v) is 10.3. The zero-order chi connectivity index (χ0) is 27.4. The molecule has 200 valence electrons. The number of para-hydroxylation sites is 1. The van der Waals surface area contributed by atoms with Gasteiger partial charge >= 0.3 is 0 Å². The molecule has 0 spiro atoms. The second kappa shape index (κ2) is 11.9. The van der Waals surface area contributed by atoms with Crippen LogP contribution in [0.1, 0.15) is 61.4 Å². The number of fused-ring (bicyclic) bond motifs is 1. The molecule has 1 heterocycles. The van der Waals surface area contributed by atoms with Crippen LogP contribution in [0, 0.1) is 5.82 Å². The van der Waals surface area contributed by atoms with Crippen LogP contribution in [0.4, 0.5) is 4.39 Å². The average molecular weight is 525 g/mol. The summed E-state index contributed by atoms with van der Waals surface area (Å²) in [6.07, 6.45) is 3.57. The van der Waals surface area contributed by atoms with Crippen LogP contribution in [0.5, 0.6) is 0 Å². The van der Waals surface area contributed by atoms with Gasteiger partial charge in [0.1, 0.15) is 5.82 Å². The predicted octanol–water partition coefficient (Wildman–Crippen LogP) is 6.31. The molecule has 39 heavy (non-hydrogen) atoms. The van der Waals surface area contributed by atoms with Crippen LogP contribution in [-0.2, 0) is 4.79 Å². The highest BCUT2D eigenvalue weighted by atomic mass is 19.1. The molecule has 6 heteroatoms. The van der Waals surface area contributed by atoms with Crippen molar-refractivity contribution in [1.29, 1.82) is 0 Å². The molecule has 5 rings (SSSR count). The maximum atomic E-state index is 13.7. The minimum absolute atomic E-state index is 0.0231. The summed E-state index contributed by atoms with van der Waals surface area (Å²) in [6.45, 7) is 1.89. The Morgan fingerprint density at radius 2 is 1.72 bits per heavy atom. The Kier molecular flexibility index (Phi) is 8.15. The van der Waals surface area contributed by atoms with Crippen LogP contribution >= 0.6 is 0 Å². The molecular weight excluding hydrogens is 491 g/mol. The number of nitrogens with one attached hydrogen (secondary N) is 1. The predicted molar refractivity (Wildman–Crippen MR) is 152 cm³/mol. The summed E-state index contributed by atoms with van der Waals surface area (Å²) in [6, 6.07) is 23.8. The lowest BCUT2D eigenvalue weighted by atomic mass is 9.92. The van der Waals surface area contributed by atoms with Gasteiger partial charge in [0, 0.05) is 28.9 Å². The number of amides is 1. The van der Waals surface area contributed by atoms with E-state index in [4.69, 9.17) is 4.98 Å². The van der Waals surface area contributed by atoms with Gasteiger partial charge in [0.15, 0.2) is 0 Å². The smallest absolute Gasteiger partial charge is 0.223 e. The second-order valence-electron chi connectivity index (χ2n) is 10.3. The van der Waals surface area contributed by atoms with E-state index in [0.29, 0.717) is 5.92 Å². The Labute approximate surface area is 228 Å². The summed E-state index contributed by atoms with van der Waals surface area (Å²) in [5, 5.41) is 25.1. The summed E-state index contributed by atoms with van der Waals surface area (Å²) in [4.78, 5) is 17.4. The van der Waals surface area contributed by atoms with Gasteiger partial charge < -0.3 is 15.5 Å². The topological polar surface area (TPSA) is 82.5 Å². The van der Waals surface area contributed by atoms with E-state index in [1.807, 2.05) is 67.6 Å². The van der Waals surface area contributed by atoms with E-state index in [-0.39, 0.29) is 30.6 Å². The molecule has 1 fully saturated rings. The van der Waals surface area contributed by atoms with E-state index >= 15 is 0 Å². The van der Waals surface area contributed by atoms with Crippen molar-refractivity contribution in [3.8, 4) is 11.1 Å². The molecule has 0 aliphatic heterocycles. The van der Waals surface area contributed by atoms with Gasteiger partial charge in [0.05, 0.1) is 35.9 Å². The van der Waals surface area contributed by atoms with Crippen molar-refractivity contribution in [1.82, 2.24) is 10.3 Å². The molecule has 1 amide bonds. The lowest BCUT2D eigenvalue weighted by Gasteiger charge is -2.18. The van der Waals surface area contributed by atoms with Crippen LogP contribution in [-0.4, -0.2) is 33.3 Å². The first-order chi connectivity index (χ1) is 18.9. The third-order valence-corrected chi connectivity index (χ3v) is 7.15. The lowest BCUT2D eigenvalue weighted by Crippen LogP contribution is -2.31. The number of aliphatic hydroxyl groups is 2. The first-order valence-corrected chi connectivity index (χ1v) is 13.5. The molecule has 1 aliphatic carbocycles. The van der Waals surface area contributed by atoms with E-state index in [2.05, 4.69) is 5.32 Å². The van der Waals surface area contributed by atoms with Gasteiger partial charge in [0.25, 0.3) is 0 Å². The molecule has 0 radical (unpaired) electrons. The maximum absolute atomic E-state index is 13.7. The maximum Gasteiger partial charge on any atom is 0.223 e. The summed E-state index contributed by atoms with van der Waals surface area (Å²) in [7, 11) is 0. The largest absolute Gasteiger partial charge is 0.392 e. The summed E-state index contributed by atoms with van der Waals surface area (Å²) >= 11 is 0. The average Bonchev–Trinajstić information content (AvgIpc) is 3.77. The Morgan fingerprint density at radius 3 is 2.44 bits per heavy atom. The highest BCUT2D eigenvalue weighted by Gasteiger charge is 2.29. The molecule has 2 unspecified atom stereocenters. The Balaban J connectivity index is 1.34. The minimum atomic E-state index is -0.998. The highest BCUT2D eigenvalue weighted by Crippen LogP contribution is 2.45. The molecule has 1 saturated carbocycles. The van der Waals surface area contributed by atoms with Crippen molar-refractivity contribution in [2.45, 2.75) is 56.8 Å². The number of aromatic nitrogens is 1. The molecule has 0 saturated heterocycles. The number of carbonyl (C=O) groups is 1. The fourth-order valence-electron chi connectivity index (χ4n) is 5.00. The quantitative estimate of drug-likeness (QED) is 0.227. The van der Waals surface area contributed by atoms with Crippen LogP contribution in [0.3, 0.4) is 0 Å². The van der Waals surface area contributed by atoms with Gasteiger partial charge in [-0.25, -0.2) is 4.39 Å². The number of aliphatic hydroxyl groups excluding tert-OH is 2. The number of benzene rings is 3. The van der Waals surface area contributed by atoms with Gasteiger partial charge in [-0.05, 0) is 49.1 Å². The van der Waals surface area contributed by atoms with E-state index in [1.54, 1.807) is 18.2 Å². The van der Waals surface area contributed by atoms with Crippen molar-refractivity contribution >= 4 is 22.9 Å². The fourth-order valence-corrected chi connectivity index (χ4v) is 5.00. The molecule has 3 atom stereocenters. The number of hydrogen-bond acceptors (Lipinski definition) is 4. The zero-order valence-electron chi connectivity index (χ0n) is 21.9. The molecular formula is C33H33FN2O3. The molecule has 5 nitrogen and oxygen atoms in total. The van der Waals surface area contributed by atoms with E-state index in [1.165, 1.54) is 12.1 Å². The van der Waals surface area contributed by atoms with E-state index < -0.39 is 12.2 Å². The molecule has 0 bridgehead atoms. The minimum Gasteiger partial charge on any atom is -0.392 e. The van der Waals surface area contributed by atoms with Gasteiger partial charge in [-0.1, -0.05) is 72.8 Å². The lowest BCUT2D eigenvalue weighted by molar-refractivity contribution is -0.123. The number of rotatable bonds is 10. The molecule has 1 aliphatic rings. The van der Waals surface area contributed by atoms with Crippen molar-refractivity contribution in [3.63, 3.8) is 0 Å². The fraction of sp³-hybridized carbons (Fsp3) is 0.273. The van der Waals surface area contributed by atoms with Crippen molar-refractivity contribution in [2.75, 3.05) is 0 Å². The van der Waals surface area contributed by atoms with Gasteiger partial charge in [-0.15, -0.1) is 0 Å². The van der Waals surface area contributed by atoms with Crippen molar-refractivity contribution in [2.24, 2.45) is 0 Å². The summed E-state index contributed by atoms with van der Waals surface area (Å²) in [5.74, 6) is -0.238. The number of hydrogen-bond donors (Lipinski definition) is 3. The first kappa shape index (κ1) is 26.7. The Bertz CT molecular complexity index is 1470.